The number of esters is 1. The molecule has 0 fully saturated rings. The van der Waals surface area contributed by atoms with Gasteiger partial charge in [0.1, 0.15) is 0 Å². The van der Waals surface area contributed by atoms with Crippen molar-refractivity contribution in [3.8, 4) is 11.1 Å². The maximum atomic E-state index is 12.1. The van der Waals surface area contributed by atoms with E-state index in [-0.39, 0.29) is 5.70 Å². The van der Waals surface area contributed by atoms with Crippen molar-refractivity contribution in [1.29, 1.82) is 0 Å². The molecule has 0 amide bonds. The Balaban J connectivity index is 1.62. The van der Waals surface area contributed by atoms with Gasteiger partial charge in [0.05, 0.1) is 0 Å². The van der Waals surface area contributed by atoms with E-state index >= 15 is 0 Å². The number of carbonyl (C=O) groups is 1. The number of nitrogens with zero attached hydrogens (tertiary/aromatic N) is 1. The second-order valence-corrected chi connectivity index (χ2v) is 6.21. The summed E-state index contributed by atoms with van der Waals surface area (Å²) in [6.07, 6.45) is 1.63. The zero-order valence-electron chi connectivity index (χ0n) is 13.7. The smallest absolute Gasteiger partial charge is 0.363 e. The third-order valence-electron chi connectivity index (χ3n) is 4.06. The number of halogens is 1. The van der Waals surface area contributed by atoms with Gasteiger partial charge in [-0.05, 0) is 41.0 Å². The molecule has 3 aromatic carbocycles. The fourth-order valence-corrected chi connectivity index (χ4v) is 2.90. The zero-order valence-corrected chi connectivity index (χ0v) is 14.5. The maximum absolute atomic E-state index is 12.1. The van der Waals surface area contributed by atoms with Crippen molar-refractivity contribution in [1.82, 2.24) is 0 Å². The van der Waals surface area contributed by atoms with Crippen LogP contribution < -0.4 is 0 Å². The third-order valence-corrected chi connectivity index (χ3v) is 4.40. The molecule has 0 N–H and O–H groups in total. The maximum Gasteiger partial charge on any atom is 0.363 e. The van der Waals surface area contributed by atoms with Crippen molar-refractivity contribution in [2.75, 3.05) is 0 Å². The van der Waals surface area contributed by atoms with Crippen molar-refractivity contribution in [2.24, 2.45) is 4.99 Å². The fourth-order valence-electron chi connectivity index (χ4n) is 2.71. The number of hydrogen-bond acceptors (Lipinski definition) is 3. The minimum absolute atomic E-state index is 0.236. The van der Waals surface area contributed by atoms with E-state index < -0.39 is 5.97 Å². The second kappa shape index (κ2) is 6.98. The molecule has 0 unspecified atom stereocenters. The van der Waals surface area contributed by atoms with E-state index in [1.807, 2.05) is 72.8 Å². The molecule has 0 saturated heterocycles. The summed E-state index contributed by atoms with van der Waals surface area (Å²) in [4.78, 5) is 16.4. The molecule has 26 heavy (non-hydrogen) atoms. The van der Waals surface area contributed by atoms with Crippen LogP contribution in [0, 0.1) is 0 Å². The molecule has 4 heteroatoms. The van der Waals surface area contributed by atoms with E-state index in [4.69, 9.17) is 16.3 Å². The lowest BCUT2D eigenvalue weighted by molar-refractivity contribution is -0.129. The highest BCUT2D eigenvalue weighted by Crippen LogP contribution is 2.24. The van der Waals surface area contributed by atoms with Crippen molar-refractivity contribution < 1.29 is 9.53 Å². The van der Waals surface area contributed by atoms with Gasteiger partial charge in [-0.1, -0.05) is 72.3 Å². The number of hydrogen-bond donors (Lipinski definition) is 0. The molecule has 3 aromatic rings. The number of ether oxygens (including phenoxy) is 1. The van der Waals surface area contributed by atoms with Crippen LogP contribution in [0.15, 0.2) is 89.6 Å². The SMILES string of the molecule is O=C1OC(c2ccc(-c3ccccc3)cc2)=N/C1=C\c1ccccc1Cl. The first-order chi connectivity index (χ1) is 12.7. The van der Waals surface area contributed by atoms with Gasteiger partial charge in [0.2, 0.25) is 5.90 Å². The molecular weight excluding hydrogens is 346 g/mol. The predicted octanol–water partition coefficient (Wildman–Crippen LogP) is 5.35. The van der Waals surface area contributed by atoms with Gasteiger partial charge in [0.25, 0.3) is 0 Å². The summed E-state index contributed by atoms with van der Waals surface area (Å²) in [5.41, 5.74) is 3.93. The van der Waals surface area contributed by atoms with Crippen LogP contribution in [0.1, 0.15) is 11.1 Å². The Bertz CT molecular complexity index is 1020. The molecule has 1 aliphatic rings. The third kappa shape index (κ3) is 3.30. The van der Waals surface area contributed by atoms with Crippen molar-refractivity contribution in [2.45, 2.75) is 0 Å². The normalized spacial score (nSPS) is 15.0. The Kier molecular flexibility index (Phi) is 4.38. The monoisotopic (exact) mass is 359 g/mol. The van der Waals surface area contributed by atoms with Crippen LogP contribution in [0.25, 0.3) is 17.2 Å². The van der Waals surface area contributed by atoms with E-state index in [9.17, 15) is 4.79 Å². The molecule has 1 heterocycles. The van der Waals surface area contributed by atoms with Gasteiger partial charge in [0.15, 0.2) is 5.70 Å². The summed E-state index contributed by atoms with van der Waals surface area (Å²) >= 11 is 6.13. The first kappa shape index (κ1) is 16.3. The second-order valence-electron chi connectivity index (χ2n) is 5.80. The van der Waals surface area contributed by atoms with Gasteiger partial charge >= 0.3 is 5.97 Å². The van der Waals surface area contributed by atoms with Crippen molar-refractivity contribution in [3.63, 3.8) is 0 Å². The molecule has 4 rings (SSSR count). The van der Waals surface area contributed by atoms with E-state index in [2.05, 4.69) is 4.99 Å². The van der Waals surface area contributed by atoms with Crippen LogP contribution in [0.4, 0.5) is 0 Å². The van der Waals surface area contributed by atoms with E-state index in [1.54, 1.807) is 12.1 Å². The first-order valence-corrected chi connectivity index (χ1v) is 8.51. The molecular formula is C22H14ClNO2. The van der Waals surface area contributed by atoms with E-state index in [0.29, 0.717) is 10.9 Å². The molecule has 126 valence electrons. The molecule has 0 saturated carbocycles. The largest absolute Gasteiger partial charge is 0.402 e. The van der Waals surface area contributed by atoms with Gasteiger partial charge in [0, 0.05) is 10.6 Å². The van der Waals surface area contributed by atoms with Crippen LogP contribution >= 0.6 is 11.6 Å². The van der Waals surface area contributed by atoms with Crippen LogP contribution in [0.3, 0.4) is 0 Å². The number of aliphatic imine (C=N–C) groups is 1. The summed E-state index contributed by atoms with van der Waals surface area (Å²) < 4.78 is 5.32. The number of benzene rings is 3. The highest BCUT2D eigenvalue weighted by molar-refractivity contribution is 6.32. The number of rotatable bonds is 3. The molecule has 0 radical (unpaired) electrons. The Morgan fingerprint density at radius 2 is 1.38 bits per heavy atom. The summed E-state index contributed by atoms with van der Waals surface area (Å²) in [6, 6.07) is 25.1. The Morgan fingerprint density at radius 3 is 2.12 bits per heavy atom. The van der Waals surface area contributed by atoms with Gasteiger partial charge in [-0.15, -0.1) is 0 Å². The molecule has 0 aromatic heterocycles. The average Bonchev–Trinajstić information content (AvgIpc) is 3.05. The van der Waals surface area contributed by atoms with Gasteiger partial charge in [-0.3, -0.25) is 0 Å². The Hall–Kier alpha value is -3.17. The van der Waals surface area contributed by atoms with Gasteiger partial charge in [-0.25, -0.2) is 9.79 Å². The topological polar surface area (TPSA) is 38.7 Å². The van der Waals surface area contributed by atoms with Crippen molar-refractivity contribution >= 4 is 29.5 Å². The first-order valence-electron chi connectivity index (χ1n) is 8.14. The minimum atomic E-state index is -0.480. The lowest BCUT2D eigenvalue weighted by Crippen LogP contribution is -2.05. The predicted molar refractivity (Wildman–Crippen MR) is 104 cm³/mol. The fraction of sp³-hybridized carbons (Fsp3) is 0. The highest BCUT2D eigenvalue weighted by atomic mass is 35.5. The van der Waals surface area contributed by atoms with Gasteiger partial charge in [-0.2, -0.15) is 0 Å². The lowest BCUT2D eigenvalue weighted by Gasteiger charge is -2.03. The zero-order chi connectivity index (χ0) is 17.9. The summed E-state index contributed by atoms with van der Waals surface area (Å²) in [7, 11) is 0. The standard InChI is InChI=1S/C22H14ClNO2/c23-19-9-5-4-8-18(19)14-20-22(25)26-21(24-20)17-12-10-16(11-13-17)15-6-2-1-3-7-15/h1-14H/b20-14-. The van der Waals surface area contributed by atoms with Crippen LogP contribution in [-0.2, 0) is 9.53 Å². The van der Waals surface area contributed by atoms with E-state index in [0.717, 1.165) is 22.3 Å². The summed E-state index contributed by atoms with van der Waals surface area (Å²) in [5.74, 6) is -0.181. The van der Waals surface area contributed by atoms with Crippen LogP contribution in [-0.4, -0.2) is 11.9 Å². The molecule has 0 atom stereocenters. The van der Waals surface area contributed by atoms with Crippen LogP contribution in [0.2, 0.25) is 5.02 Å². The lowest BCUT2D eigenvalue weighted by atomic mass is 10.0. The highest BCUT2D eigenvalue weighted by Gasteiger charge is 2.24. The van der Waals surface area contributed by atoms with Crippen LogP contribution in [0.5, 0.6) is 0 Å². The van der Waals surface area contributed by atoms with E-state index in [1.165, 1.54) is 0 Å². The number of carbonyl (C=O) groups excluding carboxylic acids is 1. The summed E-state index contributed by atoms with van der Waals surface area (Å²) in [5, 5.41) is 0.559. The van der Waals surface area contributed by atoms with Gasteiger partial charge < -0.3 is 4.74 Å². The van der Waals surface area contributed by atoms with Crippen molar-refractivity contribution in [3.05, 3.63) is 101 Å². The number of cyclic esters (lactones) is 1. The Morgan fingerprint density at radius 1 is 0.769 bits per heavy atom. The molecule has 0 bridgehead atoms. The molecule has 3 nitrogen and oxygen atoms in total. The quantitative estimate of drug-likeness (QED) is 0.467. The Labute approximate surface area is 156 Å². The minimum Gasteiger partial charge on any atom is -0.402 e. The average molecular weight is 360 g/mol. The molecule has 1 aliphatic heterocycles. The molecule has 0 aliphatic carbocycles. The molecule has 0 spiro atoms. The summed E-state index contributed by atoms with van der Waals surface area (Å²) in [6.45, 7) is 0.